The quantitative estimate of drug-likeness (QED) is 0.389. The van der Waals surface area contributed by atoms with E-state index in [0.717, 1.165) is 33.7 Å². The molecular weight excluding hydrogens is 486 g/mol. The van der Waals surface area contributed by atoms with E-state index in [1.807, 2.05) is 0 Å². The summed E-state index contributed by atoms with van der Waals surface area (Å²) in [6.45, 7) is 3.61. The van der Waals surface area contributed by atoms with Crippen LogP contribution in [0.3, 0.4) is 0 Å². The zero-order valence-corrected chi connectivity index (χ0v) is 20.1. The molecule has 1 N–H and O–H groups in total. The lowest BCUT2D eigenvalue weighted by molar-refractivity contribution is -0.143. The van der Waals surface area contributed by atoms with Gasteiger partial charge in [0, 0.05) is 25.7 Å². The largest absolute Gasteiger partial charge is 0.431 e. The van der Waals surface area contributed by atoms with Gasteiger partial charge in [-0.1, -0.05) is 42.5 Å². The van der Waals surface area contributed by atoms with Crippen molar-refractivity contribution in [2.45, 2.75) is 45.3 Å². The predicted octanol–water partition coefficient (Wildman–Crippen LogP) is 6.39. The topological polar surface area (TPSA) is 45.5 Å². The van der Waals surface area contributed by atoms with Gasteiger partial charge < -0.3 is 14.6 Å². The van der Waals surface area contributed by atoms with E-state index < -0.39 is 35.1 Å². The van der Waals surface area contributed by atoms with Crippen molar-refractivity contribution in [1.29, 1.82) is 0 Å². The van der Waals surface area contributed by atoms with Gasteiger partial charge in [0.1, 0.15) is 11.4 Å². The van der Waals surface area contributed by atoms with Crippen LogP contribution < -0.4 is 0 Å². The molecule has 4 nitrogen and oxygen atoms in total. The minimum absolute atomic E-state index is 0.0396. The van der Waals surface area contributed by atoms with Crippen molar-refractivity contribution in [3.63, 3.8) is 0 Å². The van der Waals surface area contributed by atoms with Crippen LogP contribution in [0.2, 0.25) is 0 Å². The fourth-order valence-corrected chi connectivity index (χ4v) is 4.27. The van der Waals surface area contributed by atoms with Crippen molar-refractivity contribution in [3.05, 3.63) is 82.7 Å². The van der Waals surface area contributed by atoms with E-state index in [1.165, 1.54) is 27.8 Å². The summed E-state index contributed by atoms with van der Waals surface area (Å²) < 4.78 is 83.2. The molecule has 0 fully saturated rings. The maximum Gasteiger partial charge on any atom is 0.431 e. The first kappa shape index (κ1) is 27.3. The second-order valence-corrected chi connectivity index (χ2v) is 9.32. The molecule has 2 aromatic carbocycles. The Labute approximate surface area is 204 Å². The average Bonchev–Trinajstić information content (AvgIpc) is 3.04. The molecule has 10 heteroatoms. The Kier molecular flexibility index (Phi) is 7.32. The van der Waals surface area contributed by atoms with Gasteiger partial charge in [-0.2, -0.15) is 26.3 Å². The van der Waals surface area contributed by atoms with E-state index >= 15 is 0 Å². The number of nitrogens with zero attached hydrogens (tertiary/aromatic N) is 2. The summed E-state index contributed by atoms with van der Waals surface area (Å²) in [5.74, 6) is -0.804. The van der Waals surface area contributed by atoms with E-state index in [4.69, 9.17) is 0 Å². The van der Waals surface area contributed by atoms with E-state index in [0.29, 0.717) is 5.56 Å². The lowest BCUT2D eigenvalue weighted by Crippen LogP contribution is -2.40. The normalized spacial score (nSPS) is 12.6. The maximum atomic E-state index is 14.3. The lowest BCUT2D eigenvalue weighted by Gasteiger charge is -2.27. The lowest BCUT2D eigenvalue weighted by atomic mass is 9.98. The van der Waals surface area contributed by atoms with Gasteiger partial charge in [0.15, 0.2) is 0 Å². The van der Waals surface area contributed by atoms with Gasteiger partial charge in [0.05, 0.1) is 11.2 Å². The van der Waals surface area contributed by atoms with Gasteiger partial charge in [-0.25, -0.2) is 0 Å². The molecule has 0 aliphatic rings. The van der Waals surface area contributed by atoms with Crippen molar-refractivity contribution in [2.24, 2.45) is 0 Å². The molecule has 0 bridgehead atoms. The fourth-order valence-electron chi connectivity index (χ4n) is 4.27. The number of carbonyl (C=O) groups excluding carboxylic acids is 1. The molecule has 3 aromatic rings. The van der Waals surface area contributed by atoms with Gasteiger partial charge >= 0.3 is 12.4 Å². The number of hydrogen-bond acceptors (Lipinski definition) is 2. The van der Waals surface area contributed by atoms with Crippen molar-refractivity contribution >= 4 is 5.91 Å². The number of alkyl halides is 6. The van der Waals surface area contributed by atoms with Crippen LogP contribution >= 0.6 is 0 Å². The van der Waals surface area contributed by atoms with Gasteiger partial charge in [-0.3, -0.25) is 4.79 Å². The molecule has 0 atom stereocenters. The Bertz CT molecular complexity index is 1220. The zero-order chi connectivity index (χ0) is 27.1. The molecule has 1 heterocycles. The van der Waals surface area contributed by atoms with Crippen molar-refractivity contribution in [3.8, 4) is 11.1 Å². The SMILES string of the molecule is Cc1c(-c2ccc(C(F)(F)F)cc2)c(C(=O)N(C)CC(C)(C)O)n(Cc2ccccc2)c1C(F)(F)F. The zero-order valence-electron chi connectivity index (χ0n) is 20.1. The third-order valence-corrected chi connectivity index (χ3v) is 5.63. The molecule has 0 saturated carbocycles. The Hall–Kier alpha value is -3.27. The minimum Gasteiger partial charge on any atom is -0.389 e. The highest BCUT2D eigenvalue weighted by Gasteiger charge is 2.42. The molecule has 0 saturated heterocycles. The van der Waals surface area contributed by atoms with Crippen LogP contribution in [-0.4, -0.2) is 39.7 Å². The summed E-state index contributed by atoms with van der Waals surface area (Å²) >= 11 is 0. The molecule has 0 spiro atoms. The van der Waals surface area contributed by atoms with Crippen LogP contribution in [-0.2, 0) is 18.9 Å². The van der Waals surface area contributed by atoms with Gasteiger partial charge in [0.25, 0.3) is 5.91 Å². The Morgan fingerprint density at radius 2 is 1.47 bits per heavy atom. The van der Waals surface area contributed by atoms with Crippen LogP contribution in [0, 0.1) is 6.92 Å². The molecule has 1 aromatic heterocycles. The summed E-state index contributed by atoms with van der Waals surface area (Å²) in [6.07, 6.45) is -9.48. The molecule has 0 aliphatic carbocycles. The monoisotopic (exact) mass is 512 g/mol. The fraction of sp³-hybridized carbons (Fsp3) is 0.346. The summed E-state index contributed by atoms with van der Waals surface area (Å²) in [5, 5.41) is 10.2. The van der Waals surface area contributed by atoms with E-state index in [9.17, 15) is 36.2 Å². The summed E-state index contributed by atoms with van der Waals surface area (Å²) in [5.41, 5.74) is -3.54. The van der Waals surface area contributed by atoms with E-state index in [1.54, 1.807) is 30.3 Å². The third kappa shape index (κ3) is 5.92. The predicted molar refractivity (Wildman–Crippen MR) is 123 cm³/mol. The Morgan fingerprint density at radius 1 is 0.917 bits per heavy atom. The Morgan fingerprint density at radius 3 is 1.94 bits per heavy atom. The number of halogens is 6. The standard InChI is InChI=1S/C26H26F6N2O2/c1-16-20(18-10-12-19(13-11-18)25(27,28)29)21(23(35)33(4)15-24(2,3)36)34(22(16)26(30,31)32)14-17-8-6-5-7-9-17/h5-13,36H,14-15H2,1-4H3. The smallest absolute Gasteiger partial charge is 0.389 e. The van der Waals surface area contributed by atoms with Gasteiger partial charge in [0.2, 0.25) is 0 Å². The minimum atomic E-state index is -4.85. The molecule has 0 unspecified atom stereocenters. The molecule has 0 radical (unpaired) electrons. The number of aromatic nitrogens is 1. The number of amides is 1. The summed E-state index contributed by atoms with van der Waals surface area (Å²) in [6, 6.07) is 11.9. The summed E-state index contributed by atoms with van der Waals surface area (Å²) in [7, 11) is 1.35. The molecular formula is C26H26F6N2O2. The van der Waals surface area contributed by atoms with Crippen molar-refractivity contribution in [1.82, 2.24) is 9.47 Å². The van der Waals surface area contributed by atoms with Crippen LogP contribution in [0.15, 0.2) is 54.6 Å². The second kappa shape index (κ2) is 9.65. The number of carbonyl (C=O) groups is 1. The van der Waals surface area contributed by atoms with Crippen LogP contribution in [0.25, 0.3) is 11.1 Å². The second-order valence-electron chi connectivity index (χ2n) is 9.32. The molecule has 3 rings (SSSR count). The molecule has 36 heavy (non-hydrogen) atoms. The first-order valence-corrected chi connectivity index (χ1v) is 11.0. The number of likely N-dealkylation sites (N-methyl/N-ethyl adjacent to an activating group) is 1. The number of aliphatic hydroxyl groups is 1. The van der Waals surface area contributed by atoms with Crippen LogP contribution in [0.5, 0.6) is 0 Å². The average molecular weight is 512 g/mol. The molecule has 0 aliphatic heterocycles. The highest BCUT2D eigenvalue weighted by molar-refractivity contribution is 6.01. The van der Waals surface area contributed by atoms with E-state index in [2.05, 4.69) is 0 Å². The summed E-state index contributed by atoms with van der Waals surface area (Å²) in [4.78, 5) is 14.7. The highest BCUT2D eigenvalue weighted by Crippen LogP contribution is 2.42. The maximum absolute atomic E-state index is 14.3. The van der Waals surface area contributed by atoms with Crippen molar-refractivity contribution in [2.75, 3.05) is 13.6 Å². The number of benzene rings is 2. The first-order valence-electron chi connectivity index (χ1n) is 11.0. The molecule has 194 valence electrons. The van der Waals surface area contributed by atoms with Crippen molar-refractivity contribution < 1.29 is 36.2 Å². The van der Waals surface area contributed by atoms with Gasteiger partial charge in [-0.15, -0.1) is 0 Å². The highest BCUT2D eigenvalue weighted by atomic mass is 19.4. The first-order chi connectivity index (χ1) is 16.5. The number of rotatable bonds is 6. The number of hydrogen-bond donors (Lipinski definition) is 1. The van der Waals surface area contributed by atoms with E-state index in [-0.39, 0.29) is 35.5 Å². The Balaban J connectivity index is 2.32. The molecule has 1 amide bonds. The van der Waals surface area contributed by atoms with Crippen LogP contribution in [0.4, 0.5) is 26.3 Å². The van der Waals surface area contributed by atoms with Gasteiger partial charge in [-0.05, 0) is 49.6 Å². The van der Waals surface area contributed by atoms with Crippen LogP contribution in [0.1, 0.15) is 46.7 Å². The third-order valence-electron chi connectivity index (χ3n) is 5.63.